The highest BCUT2D eigenvalue weighted by Crippen LogP contribution is 2.17. The first kappa shape index (κ1) is 17.7. The molecule has 0 aliphatic carbocycles. The van der Waals surface area contributed by atoms with Crippen LogP contribution in [0.5, 0.6) is 0 Å². The highest BCUT2D eigenvalue weighted by molar-refractivity contribution is 5.74. The van der Waals surface area contributed by atoms with E-state index in [1.165, 1.54) is 0 Å². The lowest BCUT2D eigenvalue weighted by molar-refractivity contribution is -0.136. The molecule has 0 aliphatic heterocycles. The molecule has 1 unspecified atom stereocenters. The first-order valence-electron chi connectivity index (χ1n) is 6.81. The van der Waals surface area contributed by atoms with Gasteiger partial charge in [0, 0.05) is 20.2 Å². The van der Waals surface area contributed by atoms with Gasteiger partial charge >= 0.3 is 12.0 Å². The van der Waals surface area contributed by atoms with Crippen molar-refractivity contribution >= 4 is 12.0 Å². The number of carbonyl (C=O) groups is 2. The Labute approximate surface area is 114 Å². The molecule has 0 aromatic heterocycles. The monoisotopic (exact) mass is 274 g/mol. The van der Waals surface area contributed by atoms with Crippen LogP contribution in [0, 0.1) is 5.92 Å². The first-order valence-corrected chi connectivity index (χ1v) is 6.81. The molecule has 6 nitrogen and oxygen atoms in total. The molecular weight excluding hydrogens is 248 g/mol. The van der Waals surface area contributed by atoms with E-state index in [2.05, 4.69) is 24.5 Å². The summed E-state index contributed by atoms with van der Waals surface area (Å²) in [7, 11) is 1.69. The molecular formula is C13H26N2O4. The Morgan fingerprint density at radius 1 is 1.16 bits per heavy atom. The zero-order chi connectivity index (χ0) is 14.7. The Kier molecular flexibility index (Phi) is 9.88. The Bertz CT molecular complexity index is 267. The van der Waals surface area contributed by atoms with Gasteiger partial charge < -0.3 is 20.5 Å². The smallest absolute Gasteiger partial charge is 0.314 e. The fourth-order valence-corrected chi connectivity index (χ4v) is 2.03. The third kappa shape index (κ3) is 8.42. The number of hydrogen-bond acceptors (Lipinski definition) is 3. The molecule has 0 rings (SSSR count). The predicted molar refractivity (Wildman–Crippen MR) is 73.1 cm³/mol. The lowest BCUT2D eigenvalue weighted by Crippen LogP contribution is -2.38. The number of urea groups is 1. The Morgan fingerprint density at radius 2 is 1.74 bits per heavy atom. The van der Waals surface area contributed by atoms with Crippen LogP contribution in [0.25, 0.3) is 0 Å². The van der Waals surface area contributed by atoms with E-state index in [1.807, 2.05) is 0 Å². The van der Waals surface area contributed by atoms with Gasteiger partial charge in [-0.15, -0.1) is 0 Å². The van der Waals surface area contributed by atoms with E-state index in [0.29, 0.717) is 12.5 Å². The van der Waals surface area contributed by atoms with Gasteiger partial charge in [-0.05, 0) is 12.3 Å². The van der Waals surface area contributed by atoms with E-state index in [-0.39, 0.29) is 25.1 Å². The van der Waals surface area contributed by atoms with E-state index in [4.69, 9.17) is 9.84 Å². The minimum absolute atomic E-state index is 0.0676. The van der Waals surface area contributed by atoms with E-state index in [0.717, 1.165) is 19.3 Å². The van der Waals surface area contributed by atoms with E-state index in [1.54, 1.807) is 7.11 Å². The zero-order valence-electron chi connectivity index (χ0n) is 12.1. The van der Waals surface area contributed by atoms with Crippen LogP contribution < -0.4 is 10.6 Å². The van der Waals surface area contributed by atoms with E-state index >= 15 is 0 Å². The molecule has 0 saturated carbocycles. The van der Waals surface area contributed by atoms with Gasteiger partial charge in [0.25, 0.3) is 0 Å². The second kappa shape index (κ2) is 10.6. The number of carbonyl (C=O) groups excluding carboxylic acids is 1. The van der Waals surface area contributed by atoms with Crippen LogP contribution in [-0.2, 0) is 9.53 Å². The molecule has 2 amide bonds. The van der Waals surface area contributed by atoms with Gasteiger partial charge in [-0.25, -0.2) is 4.79 Å². The highest BCUT2D eigenvalue weighted by atomic mass is 16.5. The molecule has 0 bridgehead atoms. The normalized spacial score (nSPS) is 12.2. The van der Waals surface area contributed by atoms with Crippen LogP contribution in [0.2, 0.25) is 0 Å². The van der Waals surface area contributed by atoms with Gasteiger partial charge in [0.1, 0.15) is 0 Å². The maximum atomic E-state index is 11.3. The highest BCUT2D eigenvalue weighted by Gasteiger charge is 2.17. The van der Waals surface area contributed by atoms with Gasteiger partial charge in [0.05, 0.1) is 12.5 Å². The molecule has 0 radical (unpaired) electrons. The molecule has 3 N–H and O–H groups in total. The van der Waals surface area contributed by atoms with Gasteiger partial charge in [0.2, 0.25) is 0 Å². The van der Waals surface area contributed by atoms with Crippen molar-refractivity contribution in [3.63, 3.8) is 0 Å². The molecule has 0 fully saturated rings. The van der Waals surface area contributed by atoms with E-state index in [9.17, 15) is 9.59 Å². The molecule has 0 saturated heterocycles. The van der Waals surface area contributed by atoms with Crippen LogP contribution >= 0.6 is 0 Å². The number of amides is 2. The maximum absolute atomic E-state index is 11.3. The van der Waals surface area contributed by atoms with Crippen molar-refractivity contribution in [2.45, 2.75) is 45.6 Å². The van der Waals surface area contributed by atoms with Gasteiger partial charge in [0.15, 0.2) is 0 Å². The summed E-state index contributed by atoms with van der Waals surface area (Å²) < 4.78 is 5.44. The Hall–Kier alpha value is -1.30. The van der Waals surface area contributed by atoms with Crippen molar-refractivity contribution in [3.8, 4) is 0 Å². The van der Waals surface area contributed by atoms with Crippen molar-refractivity contribution in [2.24, 2.45) is 5.92 Å². The van der Waals surface area contributed by atoms with Crippen LogP contribution in [0.1, 0.15) is 39.5 Å². The van der Waals surface area contributed by atoms with Crippen LogP contribution in [-0.4, -0.2) is 43.4 Å². The fourth-order valence-electron chi connectivity index (χ4n) is 2.03. The predicted octanol–water partition coefficient (Wildman–Crippen LogP) is 1.60. The minimum Gasteiger partial charge on any atom is -0.481 e. The second-order valence-corrected chi connectivity index (χ2v) is 4.47. The molecule has 0 aromatic rings. The summed E-state index contributed by atoms with van der Waals surface area (Å²) in [6.07, 6.45) is 2.95. The van der Waals surface area contributed by atoms with Crippen LogP contribution in [0.15, 0.2) is 0 Å². The third-order valence-corrected chi connectivity index (χ3v) is 3.22. The quantitative estimate of drug-likeness (QED) is 0.564. The zero-order valence-corrected chi connectivity index (χ0v) is 12.1. The molecule has 6 heteroatoms. The number of rotatable bonds is 10. The lowest BCUT2D eigenvalue weighted by atomic mass is 9.94. The number of aliphatic carboxylic acids is 1. The summed E-state index contributed by atoms with van der Waals surface area (Å²) in [4.78, 5) is 21.6. The number of hydrogen-bond donors (Lipinski definition) is 3. The van der Waals surface area contributed by atoms with Crippen molar-refractivity contribution in [2.75, 3.05) is 20.2 Å². The second-order valence-electron chi connectivity index (χ2n) is 4.47. The molecule has 0 heterocycles. The standard InChI is InChI=1S/C13H26N2O4/c1-4-10(5-2)11(19-3)6-8-14-13(18)15-9-7-12(16)17/h10-11H,4-9H2,1-3H3,(H,16,17)(H2,14,15,18). The number of nitrogens with one attached hydrogen (secondary N) is 2. The topological polar surface area (TPSA) is 87.7 Å². The first-order chi connectivity index (χ1) is 9.04. The summed E-state index contributed by atoms with van der Waals surface area (Å²) in [6.45, 7) is 4.92. The molecule has 0 spiro atoms. The average Bonchev–Trinajstić information content (AvgIpc) is 2.37. The number of carboxylic acid groups (broad SMARTS) is 1. The van der Waals surface area contributed by atoms with Crippen LogP contribution in [0.3, 0.4) is 0 Å². The van der Waals surface area contributed by atoms with Crippen molar-refractivity contribution in [3.05, 3.63) is 0 Å². The number of methoxy groups -OCH3 is 1. The summed E-state index contributed by atoms with van der Waals surface area (Å²) in [5, 5.41) is 13.6. The van der Waals surface area contributed by atoms with Gasteiger partial charge in [-0.1, -0.05) is 26.7 Å². The summed E-state index contributed by atoms with van der Waals surface area (Å²) in [5.74, 6) is -0.421. The molecule has 1 atom stereocenters. The van der Waals surface area contributed by atoms with Crippen molar-refractivity contribution in [1.29, 1.82) is 0 Å². The summed E-state index contributed by atoms with van der Waals surface area (Å²) in [6, 6.07) is -0.333. The Morgan fingerprint density at radius 3 is 2.21 bits per heavy atom. The van der Waals surface area contributed by atoms with E-state index < -0.39 is 5.97 Å². The van der Waals surface area contributed by atoms with Gasteiger partial charge in [-0.3, -0.25) is 4.79 Å². The molecule has 112 valence electrons. The average molecular weight is 274 g/mol. The van der Waals surface area contributed by atoms with Crippen molar-refractivity contribution < 1.29 is 19.4 Å². The lowest BCUT2D eigenvalue weighted by Gasteiger charge is -2.24. The fraction of sp³-hybridized carbons (Fsp3) is 0.846. The number of carboxylic acids is 1. The number of ether oxygens (including phenoxy) is 1. The van der Waals surface area contributed by atoms with Gasteiger partial charge in [-0.2, -0.15) is 0 Å². The minimum atomic E-state index is -0.923. The molecule has 19 heavy (non-hydrogen) atoms. The van der Waals surface area contributed by atoms with Crippen LogP contribution in [0.4, 0.5) is 4.79 Å². The molecule has 0 aliphatic rings. The summed E-state index contributed by atoms with van der Waals surface area (Å²) in [5.41, 5.74) is 0. The maximum Gasteiger partial charge on any atom is 0.314 e. The SMILES string of the molecule is CCC(CC)C(CCNC(=O)NCCC(=O)O)OC. The largest absolute Gasteiger partial charge is 0.481 e. The van der Waals surface area contributed by atoms with Crippen molar-refractivity contribution in [1.82, 2.24) is 10.6 Å². The summed E-state index contributed by atoms with van der Waals surface area (Å²) >= 11 is 0. The third-order valence-electron chi connectivity index (χ3n) is 3.22. The Balaban J connectivity index is 3.80. The molecule has 0 aromatic carbocycles.